The number of rotatable bonds is 4. The number of halogens is 2. The van der Waals surface area contributed by atoms with Crippen molar-refractivity contribution < 1.29 is 13.5 Å². The number of ether oxygens (including phenoxy) is 1. The van der Waals surface area contributed by atoms with E-state index in [2.05, 4.69) is 14.9 Å². The van der Waals surface area contributed by atoms with E-state index in [-0.39, 0.29) is 5.69 Å². The first-order chi connectivity index (χ1) is 13.0. The minimum Gasteiger partial charge on any atom is -0.494 e. The lowest BCUT2D eigenvalue weighted by atomic mass is 10.3. The van der Waals surface area contributed by atoms with Gasteiger partial charge in [-0.15, -0.1) is 0 Å². The Hall–Kier alpha value is -2.55. The predicted molar refractivity (Wildman–Crippen MR) is 102 cm³/mol. The molecule has 0 aliphatic carbocycles. The van der Waals surface area contributed by atoms with Crippen LogP contribution in [0.15, 0.2) is 24.3 Å². The highest BCUT2D eigenvalue weighted by molar-refractivity contribution is 7.22. The van der Waals surface area contributed by atoms with E-state index < -0.39 is 6.43 Å². The van der Waals surface area contributed by atoms with E-state index in [0.29, 0.717) is 24.7 Å². The molecule has 3 heterocycles. The standard InChI is InChI=1S/C18H19F2N5OS/c1-11-21-12(17(19)20)10-15(22-11)24-6-8-25(9-7-24)18-23-16-13(26-2)4-3-5-14(16)27-18/h3-5,10,17H,6-9H2,1-2H3. The number of piperazine rings is 1. The maximum Gasteiger partial charge on any atom is 0.280 e. The van der Waals surface area contributed by atoms with Gasteiger partial charge in [-0.2, -0.15) is 0 Å². The lowest BCUT2D eigenvalue weighted by molar-refractivity contribution is 0.145. The summed E-state index contributed by atoms with van der Waals surface area (Å²) in [5, 5.41) is 0.946. The lowest BCUT2D eigenvalue weighted by Crippen LogP contribution is -2.47. The Labute approximate surface area is 159 Å². The normalized spacial score (nSPS) is 15.0. The zero-order valence-corrected chi connectivity index (χ0v) is 15.8. The van der Waals surface area contributed by atoms with E-state index in [9.17, 15) is 8.78 Å². The van der Waals surface area contributed by atoms with Gasteiger partial charge in [0.05, 0.1) is 11.8 Å². The molecule has 2 aromatic heterocycles. The average Bonchev–Trinajstić information content (AvgIpc) is 3.12. The summed E-state index contributed by atoms with van der Waals surface area (Å²) < 4.78 is 32.5. The van der Waals surface area contributed by atoms with E-state index in [1.807, 2.05) is 23.1 Å². The van der Waals surface area contributed by atoms with Crippen LogP contribution in [0.2, 0.25) is 0 Å². The Morgan fingerprint density at radius 2 is 1.81 bits per heavy atom. The molecular weight excluding hydrogens is 372 g/mol. The van der Waals surface area contributed by atoms with Gasteiger partial charge in [-0.1, -0.05) is 17.4 Å². The number of para-hydroxylation sites is 1. The van der Waals surface area contributed by atoms with Gasteiger partial charge in [-0.05, 0) is 19.1 Å². The summed E-state index contributed by atoms with van der Waals surface area (Å²) in [6, 6.07) is 7.28. The van der Waals surface area contributed by atoms with Crippen molar-refractivity contribution in [2.75, 3.05) is 43.1 Å². The molecule has 1 aliphatic rings. The van der Waals surface area contributed by atoms with Gasteiger partial charge in [-0.25, -0.2) is 23.7 Å². The smallest absolute Gasteiger partial charge is 0.280 e. The zero-order chi connectivity index (χ0) is 19.0. The van der Waals surface area contributed by atoms with Crippen LogP contribution in [0.1, 0.15) is 17.9 Å². The maximum atomic E-state index is 13.0. The molecule has 1 aliphatic heterocycles. The fraction of sp³-hybridized carbons (Fsp3) is 0.389. The first-order valence-corrected chi connectivity index (χ1v) is 9.44. The number of methoxy groups -OCH3 is 1. The minimum absolute atomic E-state index is 0.224. The highest BCUT2D eigenvalue weighted by atomic mass is 32.1. The van der Waals surface area contributed by atoms with Crippen LogP contribution in [0, 0.1) is 6.92 Å². The number of alkyl halides is 2. The molecule has 1 fully saturated rings. The molecule has 0 unspecified atom stereocenters. The van der Waals surface area contributed by atoms with E-state index in [4.69, 9.17) is 9.72 Å². The molecular formula is C18H19F2N5OS. The van der Waals surface area contributed by atoms with Crippen molar-refractivity contribution in [2.24, 2.45) is 0 Å². The third-order valence-electron chi connectivity index (χ3n) is 4.53. The highest BCUT2D eigenvalue weighted by Gasteiger charge is 2.23. The molecule has 3 aromatic rings. The Morgan fingerprint density at radius 1 is 1.07 bits per heavy atom. The second-order valence-corrected chi connectivity index (χ2v) is 7.29. The predicted octanol–water partition coefficient (Wildman–Crippen LogP) is 3.67. The number of fused-ring (bicyclic) bond motifs is 1. The maximum absolute atomic E-state index is 13.0. The molecule has 4 rings (SSSR count). The van der Waals surface area contributed by atoms with Gasteiger partial charge in [0, 0.05) is 32.2 Å². The van der Waals surface area contributed by atoms with Gasteiger partial charge in [0.2, 0.25) is 0 Å². The summed E-state index contributed by atoms with van der Waals surface area (Å²) in [6.45, 7) is 4.50. The Morgan fingerprint density at radius 3 is 2.52 bits per heavy atom. The highest BCUT2D eigenvalue weighted by Crippen LogP contribution is 2.34. The molecule has 0 radical (unpaired) electrons. The largest absolute Gasteiger partial charge is 0.494 e. The molecule has 27 heavy (non-hydrogen) atoms. The fourth-order valence-corrected chi connectivity index (χ4v) is 4.22. The van der Waals surface area contributed by atoms with E-state index in [1.54, 1.807) is 25.4 Å². The van der Waals surface area contributed by atoms with Crippen molar-refractivity contribution in [3.63, 3.8) is 0 Å². The van der Waals surface area contributed by atoms with Crippen LogP contribution in [0.25, 0.3) is 10.2 Å². The monoisotopic (exact) mass is 391 g/mol. The van der Waals surface area contributed by atoms with Crippen LogP contribution in [0.4, 0.5) is 19.7 Å². The summed E-state index contributed by atoms with van der Waals surface area (Å²) in [6.07, 6.45) is -2.59. The Kier molecular flexibility index (Phi) is 4.77. The molecule has 0 N–H and O–H groups in total. The Balaban J connectivity index is 1.51. The molecule has 0 bridgehead atoms. The SMILES string of the molecule is COc1cccc2sc(N3CCN(c4cc(C(F)F)nc(C)n4)CC3)nc12. The second kappa shape index (κ2) is 7.22. The van der Waals surface area contributed by atoms with Crippen molar-refractivity contribution in [3.8, 4) is 5.75 Å². The third kappa shape index (κ3) is 3.51. The minimum atomic E-state index is -2.59. The lowest BCUT2D eigenvalue weighted by Gasteiger charge is -2.35. The summed E-state index contributed by atoms with van der Waals surface area (Å²) in [5.41, 5.74) is 0.647. The number of aromatic nitrogens is 3. The molecule has 0 amide bonds. The van der Waals surface area contributed by atoms with Gasteiger partial charge in [0.25, 0.3) is 6.43 Å². The van der Waals surface area contributed by atoms with Gasteiger partial charge in [-0.3, -0.25) is 0 Å². The molecule has 6 nitrogen and oxygen atoms in total. The molecule has 0 atom stereocenters. The van der Waals surface area contributed by atoms with E-state index >= 15 is 0 Å². The van der Waals surface area contributed by atoms with E-state index in [1.165, 1.54) is 6.07 Å². The average molecular weight is 391 g/mol. The van der Waals surface area contributed by atoms with Crippen LogP contribution < -0.4 is 14.5 Å². The third-order valence-corrected chi connectivity index (χ3v) is 5.61. The van der Waals surface area contributed by atoms with Gasteiger partial charge in [0.15, 0.2) is 5.13 Å². The van der Waals surface area contributed by atoms with Gasteiger partial charge < -0.3 is 14.5 Å². The van der Waals surface area contributed by atoms with Crippen LogP contribution in [-0.4, -0.2) is 48.2 Å². The fourth-order valence-electron chi connectivity index (χ4n) is 3.19. The van der Waals surface area contributed by atoms with Crippen LogP contribution >= 0.6 is 11.3 Å². The summed E-state index contributed by atoms with van der Waals surface area (Å²) >= 11 is 1.63. The summed E-state index contributed by atoms with van der Waals surface area (Å²) in [5.74, 6) is 1.69. The number of benzene rings is 1. The number of hydrogen-bond acceptors (Lipinski definition) is 7. The Bertz CT molecular complexity index is 956. The molecule has 1 saturated heterocycles. The van der Waals surface area contributed by atoms with Crippen molar-refractivity contribution in [1.82, 2.24) is 15.0 Å². The van der Waals surface area contributed by atoms with Crippen molar-refractivity contribution >= 4 is 32.5 Å². The van der Waals surface area contributed by atoms with E-state index in [0.717, 1.165) is 34.2 Å². The zero-order valence-electron chi connectivity index (χ0n) is 15.0. The van der Waals surface area contributed by atoms with Crippen molar-refractivity contribution in [1.29, 1.82) is 0 Å². The topological polar surface area (TPSA) is 54.4 Å². The molecule has 1 aromatic carbocycles. The molecule has 0 saturated carbocycles. The molecule has 142 valence electrons. The van der Waals surface area contributed by atoms with Gasteiger partial charge >= 0.3 is 0 Å². The molecule has 0 spiro atoms. The van der Waals surface area contributed by atoms with Crippen LogP contribution in [0.3, 0.4) is 0 Å². The van der Waals surface area contributed by atoms with Crippen LogP contribution in [0.5, 0.6) is 5.75 Å². The number of thiazole rings is 1. The van der Waals surface area contributed by atoms with Crippen molar-refractivity contribution in [2.45, 2.75) is 13.3 Å². The first kappa shape index (κ1) is 17.8. The quantitative estimate of drug-likeness (QED) is 0.677. The van der Waals surface area contributed by atoms with Crippen LogP contribution in [-0.2, 0) is 0 Å². The second-order valence-electron chi connectivity index (χ2n) is 6.28. The summed E-state index contributed by atoms with van der Waals surface area (Å²) in [4.78, 5) is 17.1. The number of hydrogen-bond donors (Lipinski definition) is 0. The van der Waals surface area contributed by atoms with Gasteiger partial charge in [0.1, 0.15) is 28.6 Å². The van der Waals surface area contributed by atoms with Crippen molar-refractivity contribution in [3.05, 3.63) is 35.8 Å². The number of nitrogens with zero attached hydrogens (tertiary/aromatic N) is 5. The molecule has 9 heteroatoms. The number of anilines is 2. The summed E-state index contributed by atoms with van der Waals surface area (Å²) in [7, 11) is 1.64. The number of aryl methyl sites for hydroxylation is 1. The first-order valence-electron chi connectivity index (χ1n) is 8.62.